The predicted octanol–water partition coefficient (Wildman–Crippen LogP) is 2.17. The van der Waals surface area contributed by atoms with Gasteiger partial charge >= 0.3 is 5.97 Å². The van der Waals surface area contributed by atoms with Crippen LogP contribution in [-0.4, -0.2) is 35.9 Å². The van der Waals surface area contributed by atoms with E-state index in [1.165, 1.54) is 12.1 Å². The Morgan fingerprint density at radius 1 is 1.08 bits per heavy atom. The number of phenols is 1. The molecule has 0 radical (unpaired) electrons. The van der Waals surface area contributed by atoms with Crippen LogP contribution >= 0.6 is 0 Å². The Morgan fingerprint density at radius 2 is 1.76 bits per heavy atom. The van der Waals surface area contributed by atoms with Gasteiger partial charge in [0.1, 0.15) is 5.75 Å². The summed E-state index contributed by atoms with van der Waals surface area (Å²) in [7, 11) is 0. The van der Waals surface area contributed by atoms with Crippen LogP contribution in [-0.2, 0) is 15.1 Å². The molecule has 2 aromatic rings. The van der Waals surface area contributed by atoms with Gasteiger partial charge in [-0.25, -0.2) is 4.79 Å². The van der Waals surface area contributed by atoms with Crippen LogP contribution in [0.2, 0.25) is 0 Å². The minimum Gasteiger partial charge on any atom is -0.508 e. The number of aromatic hydroxyl groups is 1. The fourth-order valence-electron chi connectivity index (χ4n) is 3.16. The van der Waals surface area contributed by atoms with Crippen molar-refractivity contribution in [3.05, 3.63) is 65.7 Å². The lowest BCUT2D eigenvalue weighted by molar-refractivity contribution is -0.163. The zero-order chi connectivity index (χ0) is 17.7. The van der Waals surface area contributed by atoms with Crippen molar-refractivity contribution in [2.45, 2.75) is 18.4 Å². The molecular formula is C20H23NO4. The second-order valence-corrected chi connectivity index (χ2v) is 6.42. The van der Waals surface area contributed by atoms with Gasteiger partial charge in [-0.1, -0.05) is 42.5 Å². The smallest absolute Gasteiger partial charge is 0.347 e. The number of nitrogens with one attached hydrogen (secondary N) is 1. The van der Waals surface area contributed by atoms with Crippen molar-refractivity contribution in [3.8, 4) is 5.75 Å². The van der Waals surface area contributed by atoms with Crippen LogP contribution in [0, 0.1) is 5.92 Å². The quantitative estimate of drug-likeness (QED) is 0.727. The summed E-state index contributed by atoms with van der Waals surface area (Å²) < 4.78 is 5.50. The van der Waals surface area contributed by atoms with Gasteiger partial charge in [-0.3, -0.25) is 0 Å². The number of benzene rings is 2. The van der Waals surface area contributed by atoms with Gasteiger partial charge in [-0.05, 0) is 49.5 Å². The fourth-order valence-corrected chi connectivity index (χ4v) is 3.16. The molecule has 0 amide bonds. The highest BCUT2D eigenvalue weighted by Gasteiger charge is 2.42. The van der Waals surface area contributed by atoms with E-state index in [-0.39, 0.29) is 17.9 Å². The summed E-state index contributed by atoms with van der Waals surface area (Å²) in [6, 6.07) is 14.8. The Kier molecular flexibility index (Phi) is 5.36. The molecule has 1 fully saturated rings. The van der Waals surface area contributed by atoms with Gasteiger partial charge in [0.25, 0.3) is 0 Å². The van der Waals surface area contributed by atoms with E-state index in [2.05, 4.69) is 5.32 Å². The maximum atomic E-state index is 12.9. The van der Waals surface area contributed by atoms with E-state index in [1.807, 2.05) is 6.07 Å². The maximum Gasteiger partial charge on any atom is 0.347 e. The first-order chi connectivity index (χ1) is 12.1. The molecule has 1 atom stereocenters. The van der Waals surface area contributed by atoms with Crippen molar-refractivity contribution in [1.82, 2.24) is 5.32 Å². The molecule has 0 saturated carbocycles. The van der Waals surface area contributed by atoms with Gasteiger partial charge in [0.15, 0.2) is 0 Å². The summed E-state index contributed by atoms with van der Waals surface area (Å²) in [5, 5.41) is 24.3. The van der Waals surface area contributed by atoms with Crippen LogP contribution in [0.5, 0.6) is 5.75 Å². The summed E-state index contributed by atoms with van der Waals surface area (Å²) in [6.45, 7) is 2.12. The molecule has 3 N–H and O–H groups in total. The summed E-state index contributed by atoms with van der Waals surface area (Å²) in [5.74, 6) is -0.435. The third kappa shape index (κ3) is 3.83. The molecule has 0 aliphatic carbocycles. The van der Waals surface area contributed by atoms with Gasteiger partial charge in [0, 0.05) is 5.56 Å². The average Bonchev–Trinajstić information content (AvgIpc) is 2.67. The number of phenolic OH excluding ortho intramolecular Hbond substituents is 1. The van der Waals surface area contributed by atoms with Gasteiger partial charge in [-0.2, -0.15) is 0 Å². The van der Waals surface area contributed by atoms with Crippen LogP contribution in [0.3, 0.4) is 0 Å². The number of carbonyl (C=O) groups is 1. The zero-order valence-corrected chi connectivity index (χ0v) is 14.0. The van der Waals surface area contributed by atoms with Crippen molar-refractivity contribution >= 4 is 5.97 Å². The predicted molar refractivity (Wildman–Crippen MR) is 94.1 cm³/mol. The minimum atomic E-state index is -1.95. The monoisotopic (exact) mass is 341 g/mol. The Morgan fingerprint density at radius 3 is 2.44 bits per heavy atom. The Bertz CT molecular complexity index is 713. The second-order valence-electron chi connectivity index (χ2n) is 6.42. The standard InChI is InChI=1S/C20H23NO4/c22-18-8-4-7-17(13-18)20(24,16-5-2-1-3-6-16)19(23)25-14-15-9-11-21-12-10-15/h1-8,13,15,21-22,24H,9-12,14H2. The molecule has 1 saturated heterocycles. The number of aliphatic hydroxyl groups is 1. The van der Waals surface area contributed by atoms with Crippen molar-refractivity contribution in [2.24, 2.45) is 5.92 Å². The zero-order valence-electron chi connectivity index (χ0n) is 14.0. The molecule has 25 heavy (non-hydrogen) atoms. The minimum absolute atomic E-state index is 0.0157. The van der Waals surface area contributed by atoms with Crippen LogP contribution in [0.25, 0.3) is 0 Å². The molecule has 132 valence electrons. The van der Waals surface area contributed by atoms with Crippen molar-refractivity contribution in [1.29, 1.82) is 0 Å². The Hall–Kier alpha value is -2.37. The third-order valence-electron chi connectivity index (χ3n) is 4.66. The molecule has 0 aromatic heterocycles. The topological polar surface area (TPSA) is 78.8 Å². The van der Waals surface area contributed by atoms with E-state index < -0.39 is 11.6 Å². The van der Waals surface area contributed by atoms with E-state index in [0.29, 0.717) is 11.5 Å². The van der Waals surface area contributed by atoms with E-state index >= 15 is 0 Å². The highest BCUT2D eigenvalue weighted by Crippen LogP contribution is 2.33. The highest BCUT2D eigenvalue weighted by molar-refractivity contribution is 5.85. The molecule has 1 unspecified atom stereocenters. The molecule has 0 bridgehead atoms. The number of rotatable bonds is 5. The first kappa shape index (κ1) is 17.5. The Labute approximate surface area is 147 Å². The summed E-state index contributed by atoms with van der Waals surface area (Å²) in [5.41, 5.74) is -1.25. The number of esters is 1. The molecular weight excluding hydrogens is 318 g/mol. The lowest BCUT2D eigenvalue weighted by Crippen LogP contribution is -2.40. The summed E-state index contributed by atoms with van der Waals surface area (Å²) in [4.78, 5) is 12.9. The molecule has 2 aromatic carbocycles. The molecule has 1 heterocycles. The molecule has 5 nitrogen and oxygen atoms in total. The lowest BCUT2D eigenvalue weighted by atomic mass is 9.86. The second kappa shape index (κ2) is 7.68. The normalized spacial score (nSPS) is 17.6. The van der Waals surface area contributed by atoms with E-state index in [4.69, 9.17) is 4.74 Å². The number of carbonyl (C=O) groups excluding carboxylic acids is 1. The molecule has 5 heteroatoms. The maximum absolute atomic E-state index is 12.9. The lowest BCUT2D eigenvalue weighted by Gasteiger charge is -2.29. The van der Waals surface area contributed by atoms with Gasteiger partial charge in [0.2, 0.25) is 5.60 Å². The van der Waals surface area contributed by atoms with Crippen molar-refractivity contribution in [2.75, 3.05) is 19.7 Å². The van der Waals surface area contributed by atoms with Gasteiger partial charge in [-0.15, -0.1) is 0 Å². The Balaban J connectivity index is 1.87. The molecule has 3 rings (SSSR count). The van der Waals surface area contributed by atoms with Gasteiger partial charge in [0.05, 0.1) is 6.61 Å². The van der Waals surface area contributed by atoms with Crippen LogP contribution in [0.15, 0.2) is 54.6 Å². The molecule has 0 spiro atoms. The van der Waals surface area contributed by atoms with Crippen LogP contribution in [0.1, 0.15) is 24.0 Å². The first-order valence-corrected chi connectivity index (χ1v) is 8.56. The molecule has 1 aliphatic rings. The van der Waals surface area contributed by atoms with Crippen LogP contribution < -0.4 is 5.32 Å². The van der Waals surface area contributed by atoms with Crippen molar-refractivity contribution in [3.63, 3.8) is 0 Å². The van der Waals surface area contributed by atoms with E-state index in [9.17, 15) is 15.0 Å². The van der Waals surface area contributed by atoms with E-state index in [1.54, 1.807) is 36.4 Å². The van der Waals surface area contributed by atoms with Crippen LogP contribution in [0.4, 0.5) is 0 Å². The number of hydrogen-bond donors (Lipinski definition) is 3. The first-order valence-electron chi connectivity index (χ1n) is 8.56. The third-order valence-corrected chi connectivity index (χ3v) is 4.66. The van der Waals surface area contributed by atoms with Gasteiger partial charge < -0.3 is 20.3 Å². The largest absolute Gasteiger partial charge is 0.508 e. The van der Waals surface area contributed by atoms with Crippen molar-refractivity contribution < 1.29 is 19.7 Å². The highest BCUT2D eigenvalue weighted by atomic mass is 16.5. The average molecular weight is 341 g/mol. The van der Waals surface area contributed by atoms with E-state index in [0.717, 1.165) is 25.9 Å². The number of piperidine rings is 1. The summed E-state index contributed by atoms with van der Waals surface area (Å²) >= 11 is 0. The summed E-state index contributed by atoms with van der Waals surface area (Å²) in [6.07, 6.45) is 1.90. The fraction of sp³-hybridized carbons (Fsp3) is 0.350. The number of hydrogen-bond acceptors (Lipinski definition) is 5. The molecule has 1 aliphatic heterocycles. The number of ether oxygens (including phenoxy) is 1. The SMILES string of the molecule is O=C(OCC1CCNCC1)C(O)(c1ccccc1)c1cccc(O)c1.